The minimum atomic E-state index is -1.03. The lowest BCUT2D eigenvalue weighted by Gasteiger charge is -2.12. The van der Waals surface area contributed by atoms with E-state index in [2.05, 4.69) is 4.98 Å². The Hall–Kier alpha value is -2.07. The maximum atomic E-state index is 11.2. The number of rotatable bonds is 4. The second-order valence-corrected chi connectivity index (χ2v) is 4.31. The highest BCUT2D eigenvalue weighted by Gasteiger charge is 2.15. The summed E-state index contributed by atoms with van der Waals surface area (Å²) >= 11 is 5.74. The molecule has 0 unspecified atom stereocenters. The smallest absolute Gasteiger partial charge is 0.339 e. The molecule has 0 aliphatic rings. The molecule has 2 aromatic rings. The Kier molecular flexibility index (Phi) is 4.02. The van der Waals surface area contributed by atoms with Crippen LogP contribution in [-0.4, -0.2) is 16.1 Å². The van der Waals surface area contributed by atoms with E-state index in [1.807, 2.05) is 13.0 Å². The Labute approximate surface area is 115 Å². The summed E-state index contributed by atoms with van der Waals surface area (Å²) in [5.74, 6) is -0.389. The molecule has 0 radical (unpaired) electrons. The van der Waals surface area contributed by atoms with Gasteiger partial charge in [0.25, 0.3) is 0 Å². The second-order valence-electron chi connectivity index (χ2n) is 3.87. The molecule has 98 valence electrons. The molecule has 5 heteroatoms. The fourth-order valence-electron chi connectivity index (χ4n) is 1.68. The maximum absolute atomic E-state index is 11.2. The van der Waals surface area contributed by atoms with E-state index in [0.29, 0.717) is 23.1 Å². The molecule has 0 spiro atoms. The SMILES string of the molecule is CCc1cccc(C(=O)O)c1Oc1ccc(Cl)cn1. The molecule has 19 heavy (non-hydrogen) atoms. The van der Waals surface area contributed by atoms with Gasteiger partial charge in [-0.3, -0.25) is 0 Å². The molecule has 4 nitrogen and oxygen atoms in total. The van der Waals surface area contributed by atoms with E-state index in [0.717, 1.165) is 5.56 Å². The van der Waals surface area contributed by atoms with Crippen LogP contribution < -0.4 is 4.74 Å². The van der Waals surface area contributed by atoms with E-state index in [-0.39, 0.29) is 5.56 Å². The number of nitrogens with zero attached hydrogens (tertiary/aromatic N) is 1. The third-order valence-electron chi connectivity index (χ3n) is 2.61. The van der Waals surface area contributed by atoms with Crippen LogP contribution in [0.2, 0.25) is 5.02 Å². The Morgan fingerprint density at radius 1 is 1.37 bits per heavy atom. The molecule has 0 amide bonds. The Morgan fingerprint density at radius 3 is 2.74 bits per heavy atom. The number of hydrogen-bond acceptors (Lipinski definition) is 3. The van der Waals surface area contributed by atoms with E-state index >= 15 is 0 Å². The van der Waals surface area contributed by atoms with Gasteiger partial charge < -0.3 is 9.84 Å². The number of benzene rings is 1. The summed E-state index contributed by atoms with van der Waals surface area (Å²) in [6.45, 7) is 1.93. The van der Waals surface area contributed by atoms with Gasteiger partial charge in [0.05, 0.1) is 5.02 Å². The average Bonchev–Trinajstić information content (AvgIpc) is 2.41. The van der Waals surface area contributed by atoms with Crippen molar-refractivity contribution in [3.05, 3.63) is 52.7 Å². The molecular weight excluding hydrogens is 266 g/mol. The van der Waals surface area contributed by atoms with Gasteiger partial charge in [-0.1, -0.05) is 30.7 Å². The summed E-state index contributed by atoms with van der Waals surface area (Å²) in [6.07, 6.45) is 2.12. The second kappa shape index (κ2) is 5.71. The highest BCUT2D eigenvalue weighted by Crippen LogP contribution is 2.29. The number of aryl methyl sites for hydroxylation is 1. The molecule has 1 heterocycles. The van der Waals surface area contributed by atoms with Gasteiger partial charge in [-0.05, 0) is 24.1 Å². The van der Waals surface area contributed by atoms with Crippen molar-refractivity contribution in [2.45, 2.75) is 13.3 Å². The van der Waals surface area contributed by atoms with Crippen molar-refractivity contribution in [1.82, 2.24) is 4.98 Å². The molecule has 0 saturated carbocycles. The van der Waals surface area contributed by atoms with Crippen LogP contribution in [0.25, 0.3) is 0 Å². The standard InChI is InChI=1S/C14H12ClNO3/c1-2-9-4-3-5-11(14(17)18)13(9)19-12-7-6-10(15)8-16-12/h3-8H,2H2,1H3,(H,17,18). The number of carbonyl (C=O) groups is 1. The van der Waals surface area contributed by atoms with Crippen LogP contribution in [0.1, 0.15) is 22.8 Å². The summed E-state index contributed by atoms with van der Waals surface area (Å²) in [5.41, 5.74) is 0.938. The van der Waals surface area contributed by atoms with Crippen LogP contribution in [0.15, 0.2) is 36.5 Å². The average molecular weight is 278 g/mol. The predicted molar refractivity (Wildman–Crippen MR) is 72.1 cm³/mol. The quantitative estimate of drug-likeness (QED) is 0.924. The van der Waals surface area contributed by atoms with Crippen LogP contribution in [0.5, 0.6) is 11.6 Å². The first kappa shape index (κ1) is 13.4. The molecule has 0 aliphatic heterocycles. The molecule has 1 aromatic carbocycles. The zero-order chi connectivity index (χ0) is 13.8. The molecule has 2 rings (SSSR count). The van der Waals surface area contributed by atoms with Crippen molar-refractivity contribution in [1.29, 1.82) is 0 Å². The van der Waals surface area contributed by atoms with Crippen LogP contribution in [0, 0.1) is 0 Å². The predicted octanol–water partition coefficient (Wildman–Crippen LogP) is 3.79. The third kappa shape index (κ3) is 3.03. The van der Waals surface area contributed by atoms with E-state index in [4.69, 9.17) is 16.3 Å². The van der Waals surface area contributed by atoms with Crippen LogP contribution in [-0.2, 0) is 6.42 Å². The van der Waals surface area contributed by atoms with Gasteiger partial charge in [0.1, 0.15) is 11.3 Å². The lowest BCUT2D eigenvalue weighted by atomic mass is 10.1. The summed E-state index contributed by atoms with van der Waals surface area (Å²) in [5, 5.41) is 9.68. The summed E-state index contributed by atoms with van der Waals surface area (Å²) in [4.78, 5) is 15.2. The third-order valence-corrected chi connectivity index (χ3v) is 2.84. The topological polar surface area (TPSA) is 59.4 Å². The molecule has 0 atom stereocenters. The minimum absolute atomic E-state index is 0.121. The van der Waals surface area contributed by atoms with Gasteiger partial charge in [-0.15, -0.1) is 0 Å². The Balaban J connectivity index is 2.42. The zero-order valence-corrected chi connectivity index (χ0v) is 11.0. The lowest BCUT2D eigenvalue weighted by Crippen LogP contribution is -2.03. The number of hydrogen-bond donors (Lipinski definition) is 1. The monoisotopic (exact) mass is 277 g/mol. The van der Waals surface area contributed by atoms with Crippen LogP contribution in [0.3, 0.4) is 0 Å². The van der Waals surface area contributed by atoms with E-state index in [1.165, 1.54) is 12.3 Å². The highest BCUT2D eigenvalue weighted by atomic mass is 35.5. The summed E-state index contributed by atoms with van der Waals surface area (Å²) in [7, 11) is 0. The zero-order valence-electron chi connectivity index (χ0n) is 10.3. The fraction of sp³-hybridized carbons (Fsp3) is 0.143. The first-order valence-electron chi connectivity index (χ1n) is 5.76. The molecule has 0 aliphatic carbocycles. The number of ether oxygens (including phenoxy) is 1. The van der Waals surface area contributed by atoms with E-state index < -0.39 is 5.97 Å². The highest BCUT2D eigenvalue weighted by molar-refractivity contribution is 6.30. The first-order chi connectivity index (χ1) is 9.11. The number of carboxylic acid groups (broad SMARTS) is 1. The van der Waals surface area contributed by atoms with E-state index in [1.54, 1.807) is 18.2 Å². The molecule has 0 saturated heterocycles. The van der Waals surface area contributed by atoms with E-state index in [9.17, 15) is 9.90 Å². The Bertz CT molecular complexity index is 596. The lowest BCUT2D eigenvalue weighted by molar-refractivity contribution is 0.0694. The number of carboxylic acids is 1. The van der Waals surface area contributed by atoms with Crippen molar-refractivity contribution >= 4 is 17.6 Å². The first-order valence-corrected chi connectivity index (χ1v) is 6.14. The molecule has 1 N–H and O–H groups in total. The van der Waals surface area contributed by atoms with Crippen LogP contribution in [0.4, 0.5) is 0 Å². The number of pyridine rings is 1. The van der Waals surface area contributed by atoms with Gasteiger partial charge in [0, 0.05) is 12.3 Å². The molecule has 0 bridgehead atoms. The molecular formula is C14H12ClNO3. The fourth-order valence-corrected chi connectivity index (χ4v) is 1.79. The minimum Gasteiger partial charge on any atom is -0.478 e. The van der Waals surface area contributed by atoms with Crippen LogP contribution >= 0.6 is 11.6 Å². The normalized spacial score (nSPS) is 10.2. The van der Waals surface area contributed by atoms with Crippen molar-refractivity contribution in [3.8, 4) is 11.6 Å². The Morgan fingerprint density at radius 2 is 2.16 bits per heavy atom. The largest absolute Gasteiger partial charge is 0.478 e. The van der Waals surface area contributed by atoms with Gasteiger partial charge in [-0.25, -0.2) is 9.78 Å². The van der Waals surface area contributed by atoms with Crippen molar-refractivity contribution in [2.24, 2.45) is 0 Å². The number of halogens is 1. The number of aromatic nitrogens is 1. The van der Waals surface area contributed by atoms with Gasteiger partial charge in [-0.2, -0.15) is 0 Å². The van der Waals surface area contributed by atoms with Crippen molar-refractivity contribution < 1.29 is 14.6 Å². The molecule has 0 fully saturated rings. The van der Waals surface area contributed by atoms with Gasteiger partial charge in [0.2, 0.25) is 5.88 Å². The summed E-state index contributed by atoms with van der Waals surface area (Å²) < 4.78 is 5.60. The van der Waals surface area contributed by atoms with Crippen molar-refractivity contribution in [3.63, 3.8) is 0 Å². The van der Waals surface area contributed by atoms with Crippen molar-refractivity contribution in [2.75, 3.05) is 0 Å². The molecule has 1 aromatic heterocycles. The number of para-hydroxylation sites is 1. The maximum Gasteiger partial charge on any atom is 0.339 e. The summed E-state index contributed by atoms with van der Waals surface area (Å²) in [6, 6.07) is 8.27. The van der Waals surface area contributed by atoms with Gasteiger partial charge >= 0.3 is 5.97 Å². The van der Waals surface area contributed by atoms with Gasteiger partial charge in [0.15, 0.2) is 0 Å². The number of aromatic carboxylic acids is 1.